The topological polar surface area (TPSA) is 17.8 Å². The highest BCUT2D eigenvalue weighted by Crippen LogP contribution is 2.32. The average molecular weight is 414 g/mol. The molecule has 0 N–H and O–H groups in total. The van der Waals surface area contributed by atoms with Gasteiger partial charge in [-0.2, -0.15) is 5.10 Å². The maximum Gasteiger partial charge on any atom is 0.0634 e. The van der Waals surface area contributed by atoms with E-state index in [-0.39, 0.29) is 5.41 Å². The zero-order valence-corrected chi connectivity index (χ0v) is 15.8. The first-order valence-electron chi connectivity index (χ1n) is 7.36. The molecule has 0 amide bonds. The second-order valence-electron chi connectivity index (χ2n) is 5.63. The molecular formula is C17H22Br2N2. The maximum absolute atomic E-state index is 4.76. The summed E-state index contributed by atoms with van der Waals surface area (Å²) in [5.74, 6) is 0. The largest absolute Gasteiger partial charge is 0.270 e. The Morgan fingerprint density at radius 3 is 2.38 bits per heavy atom. The van der Waals surface area contributed by atoms with Crippen LogP contribution in [0.25, 0.3) is 0 Å². The van der Waals surface area contributed by atoms with Gasteiger partial charge in [0.05, 0.1) is 5.69 Å². The molecule has 1 unspecified atom stereocenters. The van der Waals surface area contributed by atoms with E-state index in [4.69, 9.17) is 5.10 Å². The Morgan fingerprint density at radius 2 is 1.81 bits per heavy atom. The van der Waals surface area contributed by atoms with Gasteiger partial charge in [0.15, 0.2) is 0 Å². The molecule has 1 heterocycles. The molecule has 1 aromatic heterocycles. The molecule has 0 aliphatic rings. The minimum Gasteiger partial charge on any atom is -0.270 e. The van der Waals surface area contributed by atoms with Gasteiger partial charge in [0.25, 0.3) is 0 Å². The predicted molar refractivity (Wildman–Crippen MR) is 96.6 cm³/mol. The number of rotatable bonds is 7. The van der Waals surface area contributed by atoms with Crippen molar-refractivity contribution in [2.24, 2.45) is 0 Å². The van der Waals surface area contributed by atoms with Gasteiger partial charge in [-0.15, -0.1) is 0 Å². The highest BCUT2D eigenvalue weighted by Gasteiger charge is 2.31. The number of halogens is 2. The van der Waals surface area contributed by atoms with Gasteiger partial charge in [0.2, 0.25) is 0 Å². The minimum absolute atomic E-state index is 0.0376. The van der Waals surface area contributed by atoms with Crippen LogP contribution in [0.5, 0.6) is 0 Å². The molecule has 0 bridgehead atoms. The van der Waals surface area contributed by atoms with Gasteiger partial charge in [0.1, 0.15) is 0 Å². The van der Waals surface area contributed by atoms with Crippen molar-refractivity contribution < 1.29 is 0 Å². The Hall–Kier alpha value is -0.610. The van der Waals surface area contributed by atoms with Crippen LogP contribution < -0.4 is 0 Å². The molecule has 0 aliphatic heterocycles. The second kappa shape index (κ2) is 7.59. The molecule has 0 aliphatic carbocycles. The van der Waals surface area contributed by atoms with Crippen molar-refractivity contribution in [3.63, 3.8) is 0 Å². The Kier molecular flexibility index (Phi) is 6.06. The van der Waals surface area contributed by atoms with Crippen LogP contribution >= 0.6 is 31.9 Å². The summed E-state index contributed by atoms with van der Waals surface area (Å²) >= 11 is 7.42. The SMILES string of the molecule is CCC(C)n1ccc(CC(CBr)(CBr)c2ccccc2)n1. The van der Waals surface area contributed by atoms with Crippen LogP contribution in [0.1, 0.15) is 37.6 Å². The van der Waals surface area contributed by atoms with E-state index in [9.17, 15) is 0 Å². The summed E-state index contributed by atoms with van der Waals surface area (Å²) in [5.41, 5.74) is 2.53. The van der Waals surface area contributed by atoms with Gasteiger partial charge < -0.3 is 0 Å². The molecule has 2 aromatic rings. The average Bonchev–Trinajstić information content (AvgIpc) is 3.01. The molecule has 0 saturated carbocycles. The first-order valence-corrected chi connectivity index (χ1v) is 9.61. The van der Waals surface area contributed by atoms with Crippen LogP contribution in [-0.4, -0.2) is 20.4 Å². The third-order valence-corrected chi connectivity index (χ3v) is 6.27. The molecular weight excluding hydrogens is 392 g/mol. The number of benzene rings is 1. The molecule has 0 saturated heterocycles. The lowest BCUT2D eigenvalue weighted by Crippen LogP contribution is -2.33. The first kappa shape index (κ1) is 16.8. The minimum atomic E-state index is 0.0376. The molecule has 2 rings (SSSR count). The summed E-state index contributed by atoms with van der Waals surface area (Å²) in [4.78, 5) is 0. The third kappa shape index (κ3) is 3.78. The molecule has 0 fully saturated rings. The van der Waals surface area contributed by atoms with E-state index >= 15 is 0 Å². The lowest BCUT2D eigenvalue weighted by atomic mass is 9.80. The van der Waals surface area contributed by atoms with Gasteiger partial charge in [0, 0.05) is 34.7 Å². The monoisotopic (exact) mass is 412 g/mol. The second-order valence-corrected chi connectivity index (χ2v) is 6.76. The van der Waals surface area contributed by atoms with Gasteiger partial charge in [-0.3, -0.25) is 4.68 Å². The molecule has 1 atom stereocenters. The van der Waals surface area contributed by atoms with E-state index in [1.165, 1.54) is 5.56 Å². The van der Waals surface area contributed by atoms with Crippen LogP contribution in [0.3, 0.4) is 0 Å². The number of hydrogen-bond acceptors (Lipinski definition) is 1. The van der Waals surface area contributed by atoms with Crippen molar-refractivity contribution in [1.82, 2.24) is 9.78 Å². The zero-order chi connectivity index (χ0) is 15.3. The van der Waals surface area contributed by atoms with Crippen LogP contribution in [-0.2, 0) is 11.8 Å². The summed E-state index contributed by atoms with van der Waals surface area (Å²) in [7, 11) is 0. The fourth-order valence-electron chi connectivity index (χ4n) is 2.43. The van der Waals surface area contributed by atoms with Crippen molar-refractivity contribution in [2.45, 2.75) is 38.1 Å². The smallest absolute Gasteiger partial charge is 0.0634 e. The number of hydrogen-bond donors (Lipinski definition) is 0. The lowest BCUT2D eigenvalue weighted by Gasteiger charge is -2.30. The van der Waals surface area contributed by atoms with Crippen molar-refractivity contribution in [1.29, 1.82) is 0 Å². The van der Waals surface area contributed by atoms with Crippen molar-refractivity contribution >= 4 is 31.9 Å². The van der Waals surface area contributed by atoms with Gasteiger partial charge in [-0.05, 0) is 25.0 Å². The van der Waals surface area contributed by atoms with Gasteiger partial charge in [-0.1, -0.05) is 69.1 Å². The predicted octanol–water partition coefficient (Wildman–Crippen LogP) is 5.12. The lowest BCUT2D eigenvalue weighted by molar-refractivity contribution is 0.464. The van der Waals surface area contributed by atoms with Crippen LogP contribution in [0, 0.1) is 0 Å². The number of aromatic nitrogens is 2. The normalized spacial score (nSPS) is 13.3. The first-order chi connectivity index (χ1) is 10.1. The van der Waals surface area contributed by atoms with Crippen LogP contribution in [0.4, 0.5) is 0 Å². The highest BCUT2D eigenvalue weighted by atomic mass is 79.9. The molecule has 114 valence electrons. The standard InChI is InChI=1S/C17H22Br2N2/c1-3-14(2)21-10-9-16(20-21)11-17(12-18,13-19)15-7-5-4-6-8-15/h4-10,14H,3,11-13H2,1-2H3. The summed E-state index contributed by atoms with van der Waals surface area (Å²) in [6.07, 6.45) is 4.13. The van der Waals surface area contributed by atoms with Crippen molar-refractivity contribution in [2.75, 3.05) is 10.7 Å². The van der Waals surface area contributed by atoms with E-state index in [0.717, 1.165) is 29.2 Å². The fraction of sp³-hybridized carbons (Fsp3) is 0.471. The van der Waals surface area contributed by atoms with E-state index < -0.39 is 0 Å². The highest BCUT2D eigenvalue weighted by molar-refractivity contribution is 9.09. The molecule has 2 nitrogen and oxygen atoms in total. The summed E-state index contributed by atoms with van der Waals surface area (Å²) in [6.45, 7) is 4.40. The zero-order valence-electron chi connectivity index (χ0n) is 12.6. The summed E-state index contributed by atoms with van der Waals surface area (Å²) < 4.78 is 2.08. The number of alkyl halides is 2. The van der Waals surface area contributed by atoms with Gasteiger partial charge >= 0.3 is 0 Å². The molecule has 1 aromatic carbocycles. The quantitative estimate of drug-likeness (QED) is 0.575. The molecule has 0 spiro atoms. The summed E-state index contributed by atoms with van der Waals surface area (Å²) in [5, 5.41) is 6.58. The maximum atomic E-state index is 4.76. The molecule has 0 radical (unpaired) electrons. The fourth-order valence-corrected chi connectivity index (χ4v) is 4.40. The Morgan fingerprint density at radius 1 is 1.14 bits per heavy atom. The molecule has 4 heteroatoms. The van der Waals surface area contributed by atoms with E-state index in [0.29, 0.717) is 6.04 Å². The van der Waals surface area contributed by atoms with Crippen LogP contribution in [0.2, 0.25) is 0 Å². The Labute approximate surface area is 144 Å². The van der Waals surface area contributed by atoms with Crippen molar-refractivity contribution in [3.05, 3.63) is 53.9 Å². The van der Waals surface area contributed by atoms with E-state index in [1.807, 2.05) is 0 Å². The van der Waals surface area contributed by atoms with Crippen molar-refractivity contribution in [3.8, 4) is 0 Å². The third-order valence-electron chi connectivity index (χ3n) is 4.12. The van der Waals surface area contributed by atoms with E-state index in [2.05, 4.69) is 93.0 Å². The summed E-state index contributed by atoms with van der Waals surface area (Å²) in [6, 6.07) is 13.3. The Balaban J connectivity index is 2.26. The van der Waals surface area contributed by atoms with Gasteiger partial charge in [-0.25, -0.2) is 0 Å². The van der Waals surface area contributed by atoms with Crippen LogP contribution in [0.15, 0.2) is 42.6 Å². The number of nitrogens with zero attached hydrogens (tertiary/aromatic N) is 2. The Bertz CT molecular complexity index is 547. The molecule has 21 heavy (non-hydrogen) atoms. The van der Waals surface area contributed by atoms with E-state index in [1.54, 1.807) is 0 Å².